The van der Waals surface area contributed by atoms with Gasteiger partial charge < -0.3 is 9.64 Å². The van der Waals surface area contributed by atoms with E-state index in [0.717, 1.165) is 5.69 Å². The van der Waals surface area contributed by atoms with Gasteiger partial charge in [-0.05, 0) is 30.3 Å². The smallest absolute Gasteiger partial charge is 0.339 e. The van der Waals surface area contributed by atoms with Crippen LogP contribution >= 0.6 is 0 Å². The molecule has 0 radical (unpaired) electrons. The number of aromatic nitrogens is 2. The molecule has 1 aromatic heterocycles. The van der Waals surface area contributed by atoms with Gasteiger partial charge in [-0.15, -0.1) is 0 Å². The van der Waals surface area contributed by atoms with Crippen LogP contribution in [-0.4, -0.2) is 40.7 Å². The lowest BCUT2D eigenvalue weighted by Crippen LogP contribution is -2.31. The van der Waals surface area contributed by atoms with Crippen molar-refractivity contribution in [3.8, 4) is 5.69 Å². The molecule has 26 heavy (non-hydrogen) atoms. The maximum atomic E-state index is 12.5. The zero-order valence-corrected chi connectivity index (χ0v) is 14.6. The Morgan fingerprint density at radius 2 is 1.69 bits per heavy atom. The molecule has 0 aliphatic rings. The van der Waals surface area contributed by atoms with Crippen LogP contribution in [0.4, 0.5) is 0 Å². The van der Waals surface area contributed by atoms with Crippen LogP contribution < -0.4 is 0 Å². The molecule has 1 heterocycles. The van der Waals surface area contributed by atoms with Crippen molar-refractivity contribution in [1.29, 1.82) is 0 Å². The largest absolute Gasteiger partial charge is 0.444 e. The number of nitrogens with zero attached hydrogens (tertiary/aromatic N) is 3. The average Bonchev–Trinajstić information content (AvgIpc) is 3.21. The number of amides is 1. The Hall–Kier alpha value is -3.41. The minimum atomic E-state index is -0.982. The molecule has 0 fully saturated rings. The van der Waals surface area contributed by atoms with Gasteiger partial charge >= 0.3 is 5.97 Å². The summed E-state index contributed by atoms with van der Waals surface area (Å²) < 4.78 is 7.22. The van der Waals surface area contributed by atoms with Crippen LogP contribution in [0.15, 0.2) is 73.1 Å². The average molecular weight is 349 g/mol. The summed E-state index contributed by atoms with van der Waals surface area (Å²) in [6, 6.07) is 17.7. The van der Waals surface area contributed by atoms with Gasteiger partial charge in [0.2, 0.25) is 6.10 Å². The molecule has 2 aromatic carbocycles. The van der Waals surface area contributed by atoms with E-state index >= 15 is 0 Å². The van der Waals surface area contributed by atoms with Gasteiger partial charge in [0.05, 0.1) is 11.3 Å². The first-order chi connectivity index (χ1) is 12.6. The Morgan fingerprint density at radius 3 is 2.27 bits per heavy atom. The van der Waals surface area contributed by atoms with Gasteiger partial charge in [-0.2, -0.15) is 5.10 Å². The molecule has 0 aliphatic carbocycles. The molecule has 1 amide bonds. The summed E-state index contributed by atoms with van der Waals surface area (Å²) >= 11 is 0. The monoisotopic (exact) mass is 349 g/mol. The molecule has 0 bridgehead atoms. The van der Waals surface area contributed by atoms with Gasteiger partial charge in [-0.25, -0.2) is 9.48 Å². The van der Waals surface area contributed by atoms with E-state index < -0.39 is 12.1 Å². The van der Waals surface area contributed by atoms with E-state index in [2.05, 4.69) is 5.10 Å². The standard InChI is InChI=1S/C20H19N3O3/c1-22(2)19(24)18(15-7-4-3-5-8-15)26-20(25)16-9-11-17(12-10-16)23-14-6-13-21-23/h3-14,18H,1-2H3/t18-/m1/s1. The highest BCUT2D eigenvalue weighted by molar-refractivity contribution is 5.92. The highest BCUT2D eigenvalue weighted by atomic mass is 16.5. The van der Waals surface area contributed by atoms with Gasteiger partial charge in [-0.3, -0.25) is 4.79 Å². The molecule has 1 atom stereocenters. The van der Waals surface area contributed by atoms with Gasteiger partial charge in [0, 0.05) is 32.1 Å². The van der Waals surface area contributed by atoms with Crippen molar-refractivity contribution in [3.63, 3.8) is 0 Å². The van der Waals surface area contributed by atoms with E-state index in [1.54, 1.807) is 73.5 Å². The number of hydrogen-bond donors (Lipinski definition) is 0. The topological polar surface area (TPSA) is 64.4 Å². The predicted octanol–water partition coefficient (Wildman–Crippen LogP) is 2.86. The van der Waals surface area contributed by atoms with E-state index in [4.69, 9.17) is 4.74 Å². The second-order valence-electron chi connectivity index (χ2n) is 5.93. The molecule has 0 unspecified atom stereocenters. The minimum Gasteiger partial charge on any atom is -0.444 e. The predicted molar refractivity (Wildman–Crippen MR) is 96.9 cm³/mol. The van der Waals surface area contributed by atoms with Crippen molar-refractivity contribution in [3.05, 3.63) is 84.2 Å². The van der Waals surface area contributed by atoms with Gasteiger partial charge in [0.25, 0.3) is 5.91 Å². The van der Waals surface area contributed by atoms with Crippen LogP contribution in [0, 0.1) is 0 Å². The summed E-state index contributed by atoms with van der Waals surface area (Å²) in [5.41, 5.74) is 1.83. The van der Waals surface area contributed by atoms with E-state index in [0.29, 0.717) is 11.1 Å². The Labute approximate surface area is 151 Å². The molecule has 0 N–H and O–H groups in total. The molecule has 132 valence electrons. The first-order valence-corrected chi connectivity index (χ1v) is 8.13. The number of carbonyl (C=O) groups excluding carboxylic acids is 2. The first kappa shape index (κ1) is 17.4. The fraction of sp³-hybridized carbons (Fsp3) is 0.150. The number of rotatable bonds is 5. The number of hydrogen-bond acceptors (Lipinski definition) is 4. The highest BCUT2D eigenvalue weighted by Gasteiger charge is 2.26. The highest BCUT2D eigenvalue weighted by Crippen LogP contribution is 2.21. The van der Waals surface area contributed by atoms with Crippen molar-refractivity contribution in [2.24, 2.45) is 0 Å². The van der Waals surface area contributed by atoms with E-state index in [9.17, 15) is 9.59 Å². The molecule has 6 heteroatoms. The lowest BCUT2D eigenvalue weighted by atomic mass is 10.1. The number of benzene rings is 2. The summed E-state index contributed by atoms with van der Waals surface area (Å²) in [7, 11) is 3.26. The van der Waals surface area contributed by atoms with Crippen LogP contribution in [0.3, 0.4) is 0 Å². The minimum absolute atomic E-state index is 0.294. The van der Waals surface area contributed by atoms with Gasteiger partial charge in [-0.1, -0.05) is 30.3 Å². The number of ether oxygens (including phenoxy) is 1. The van der Waals surface area contributed by atoms with E-state index in [1.165, 1.54) is 4.90 Å². The summed E-state index contributed by atoms with van der Waals surface area (Å²) in [5, 5.41) is 4.14. The Bertz CT molecular complexity index is 872. The van der Waals surface area contributed by atoms with Gasteiger partial charge in [0.1, 0.15) is 0 Å². The maximum Gasteiger partial charge on any atom is 0.339 e. The summed E-state index contributed by atoms with van der Waals surface area (Å²) in [6.45, 7) is 0. The van der Waals surface area contributed by atoms with Gasteiger partial charge in [0.15, 0.2) is 0 Å². The summed E-state index contributed by atoms with van der Waals surface area (Å²) in [5.74, 6) is -0.848. The van der Waals surface area contributed by atoms with E-state index in [1.807, 2.05) is 18.3 Å². The summed E-state index contributed by atoms with van der Waals surface area (Å²) in [4.78, 5) is 26.4. The molecule has 0 saturated heterocycles. The van der Waals surface area contributed by atoms with Crippen LogP contribution in [0.2, 0.25) is 0 Å². The number of carbonyl (C=O) groups is 2. The van der Waals surface area contributed by atoms with Crippen LogP contribution in [0.1, 0.15) is 22.0 Å². The molecular weight excluding hydrogens is 330 g/mol. The Morgan fingerprint density at radius 1 is 1.00 bits per heavy atom. The third-order valence-corrected chi connectivity index (χ3v) is 3.86. The second kappa shape index (κ2) is 7.65. The third kappa shape index (κ3) is 3.80. The maximum absolute atomic E-state index is 12.5. The molecule has 6 nitrogen and oxygen atoms in total. The fourth-order valence-corrected chi connectivity index (χ4v) is 2.47. The van der Waals surface area contributed by atoms with E-state index in [-0.39, 0.29) is 5.91 Å². The fourth-order valence-electron chi connectivity index (χ4n) is 2.47. The van der Waals surface area contributed by atoms with Crippen molar-refractivity contribution in [2.75, 3.05) is 14.1 Å². The summed E-state index contributed by atoms with van der Waals surface area (Å²) in [6.07, 6.45) is 2.51. The molecule has 0 saturated carbocycles. The molecule has 3 rings (SSSR count). The van der Waals surface area contributed by atoms with Crippen molar-refractivity contribution in [1.82, 2.24) is 14.7 Å². The SMILES string of the molecule is CN(C)C(=O)[C@H](OC(=O)c1ccc(-n2cccn2)cc1)c1ccccc1. The Kier molecular flexibility index (Phi) is 5.12. The van der Waals surface area contributed by atoms with Crippen molar-refractivity contribution < 1.29 is 14.3 Å². The number of esters is 1. The lowest BCUT2D eigenvalue weighted by molar-refractivity contribution is -0.138. The third-order valence-electron chi connectivity index (χ3n) is 3.86. The zero-order valence-electron chi connectivity index (χ0n) is 14.6. The quantitative estimate of drug-likeness (QED) is 0.665. The second-order valence-corrected chi connectivity index (χ2v) is 5.93. The zero-order chi connectivity index (χ0) is 18.5. The molecular formula is C20H19N3O3. The molecule has 0 aliphatic heterocycles. The van der Waals surface area contributed by atoms with Crippen LogP contribution in [0.5, 0.6) is 0 Å². The molecule has 3 aromatic rings. The number of likely N-dealkylation sites (N-methyl/N-ethyl adjacent to an activating group) is 1. The molecule has 0 spiro atoms. The lowest BCUT2D eigenvalue weighted by Gasteiger charge is -2.21. The van der Waals surface area contributed by atoms with Crippen LogP contribution in [0.25, 0.3) is 5.69 Å². The van der Waals surface area contributed by atoms with Crippen LogP contribution in [-0.2, 0) is 9.53 Å². The Balaban J connectivity index is 1.80. The normalized spacial score (nSPS) is 11.6. The van der Waals surface area contributed by atoms with Crippen molar-refractivity contribution >= 4 is 11.9 Å². The first-order valence-electron chi connectivity index (χ1n) is 8.13. The van der Waals surface area contributed by atoms with Crippen molar-refractivity contribution in [2.45, 2.75) is 6.10 Å².